The zero-order valence-corrected chi connectivity index (χ0v) is 11.8. The Bertz CT molecular complexity index is 181. The minimum atomic E-state index is -0.0459. The van der Waals surface area contributed by atoms with E-state index in [2.05, 4.69) is 9.84 Å². The number of carbonyl (C=O) groups is 1. The van der Waals surface area contributed by atoms with Crippen molar-refractivity contribution in [2.75, 3.05) is 20.3 Å². The predicted molar refractivity (Wildman–Crippen MR) is 68.7 cm³/mol. The van der Waals surface area contributed by atoms with Crippen molar-refractivity contribution in [2.45, 2.75) is 45.4 Å². The highest BCUT2D eigenvalue weighted by molar-refractivity contribution is 7.25. The number of nitrogens with one attached hydrogen (secondary N) is 1. The first-order valence-corrected chi connectivity index (χ1v) is 6.96. The molecule has 0 spiro atoms. The van der Waals surface area contributed by atoms with Gasteiger partial charge in [0, 0.05) is 20.1 Å². The van der Waals surface area contributed by atoms with E-state index < -0.39 is 0 Å². The Labute approximate surface area is 105 Å². The van der Waals surface area contributed by atoms with Gasteiger partial charge in [0.2, 0.25) is 5.91 Å². The molecule has 1 amide bonds. The lowest BCUT2D eigenvalue weighted by molar-refractivity contribution is -0.202. The van der Waals surface area contributed by atoms with Crippen LogP contribution in [0.25, 0.3) is 0 Å². The first kappa shape index (κ1) is 16.8. The van der Waals surface area contributed by atoms with Crippen molar-refractivity contribution in [1.82, 2.24) is 5.32 Å². The number of hydrogen-bond acceptors (Lipinski definition) is 4. The van der Waals surface area contributed by atoms with Gasteiger partial charge >= 0.3 is 0 Å². The summed E-state index contributed by atoms with van der Waals surface area (Å²) < 4.78 is 9.40. The molecule has 6 heteroatoms. The Morgan fingerprint density at radius 2 is 2.00 bits per heavy atom. The van der Waals surface area contributed by atoms with Crippen LogP contribution in [0.4, 0.5) is 0 Å². The predicted octanol–water partition coefficient (Wildman–Crippen LogP) is 2.57. The van der Waals surface area contributed by atoms with Gasteiger partial charge in [-0.25, -0.2) is 4.89 Å². The molecular weight excluding hydrogens is 241 g/mol. The number of rotatable bonds is 12. The Morgan fingerprint density at radius 3 is 2.71 bits per heavy atom. The van der Waals surface area contributed by atoms with Crippen molar-refractivity contribution in [2.24, 2.45) is 0 Å². The van der Waals surface area contributed by atoms with E-state index >= 15 is 0 Å². The SMILES string of the molecule is CCCC(=O)NCCCCCCOOPOC. The second kappa shape index (κ2) is 13.8. The Balaban J connectivity index is 3.01. The van der Waals surface area contributed by atoms with Crippen molar-refractivity contribution < 1.29 is 18.9 Å². The lowest BCUT2D eigenvalue weighted by Gasteiger charge is -2.04. The molecule has 0 fully saturated rings. The fourth-order valence-electron chi connectivity index (χ4n) is 1.28. The summed E-state index contributed by atoms with van der Waals surface area (Å²) in [5.41, 5.74) is 0. The maximum Gasteiger partial charge on any atom is 0.219 e. The van der Waals surface area contributed by atoms with Gasteiger partial charge in [-0.05, 0) is 19.3 Å². The average Bonchev–Trinajstić information content (AvgIpc) is 2.32. The third kappa shape index (κ3) is 13.7. The minimum absolute atomic E-state index is 0.0459. The quantitative estimate of drug-likeness (QED) is 0.255. The third-order valence-electron chi connectivity index (χ3n) is 2.13. The van der Waals surface area contributed by atoms with Crippen LogP contribution < -0.4 is 5.32 Å². The van der Waals surface area contributed by atoms with E-state index in [1.165, 1.54) is 0 Å². The van der Waals surface area contributed by atoms with Gasteiger partial charge in [-0.2, -0.15) is 4.67 Å². The summed E-state index contributed by atoms with van der Waals surface area (Å²) in [5, 5.41) is 2.89. The van der Waals surface area contributed by atoms with Crippen LogP contribution in [0.15, 0.2) is 0 Å². The van der Waals surface area contributed by atoms with Crippen molar-refractivity contribution in [3.05, 3.63) is 0 Å². The molecule has 17 heavy (non-hydrogen) atoms. The molecule has 0 rings (SSSR count). The fourth-order valence-corrected chi connectivity index (χ4v) is 1.48. The minimum Gasteiger partial charge on any atom is -0.356 e. The smallest absolute Gasteiger partial charge is 0.219 e. The van der Waals surface area contributed by atoms with Gasteiger partial charge in [0.1, 0.15) is 0 Å². The van der Waals surface area contributed by atoms with Crippen molar-refractivity contribution in [3.63, 3.8) is 0 Å². The van der Waals surface area contributed by atoms with Crippen LogP contribution >= 0.6 is 9.03 Å². The van der Waals surface area contributed by atoms with Crippen molar-refractivity contribution in [3.8, 4) is 0 Å². The number of amides is 1. The molecule has 1 unspecified atom stereocenters. The second-order valence-electron chi connectivity index (χ2n) is 3.71. The molecule has 0 saturated heterocycles. The Morgan fingerprint density at radius 1 is 1.24 bits per heavy atom. The molecule has 0 radical (unpaired) electrons. The largest absolute Gasteiger partial charge is 0.356 e. The third-order valence-corrected chi connectivity index (χ3v) is 2.48. The Hall–Kier alpha value is -0.220. The molecule has 0 aliphatic carbocycles. The van der Waals surface area contributed by atoms with Crippen molar-refractivity contribution in [1.29, 1.82) is 0 Å². The molecule has 5 nitrogen and oxygen atoms in total. The summed E-state index contributed by atoms with van der Waals surface area (Å²) in [4.78, 5) is 16.0. The van der Waals surface area contributed by atoms with Gasteiger partial charge in [-0.3, -0.25) is 4.79 Å². The molecule has 102 valence electrons. The molecular formula is C11H24NO4P. The summed E-state index contributed by atoms with van der Waals surface area (Å²) in [6, 6.07) is 0. The summed E-state index contributed by atoms with van der Waals surface area (Å²) in [7, 11) is 1.52. The number of hydrogen-bond donors (Lipinski definition) is 1. The van der Waals surface area contributed by atoms with E-state index in [0.29, 0.717) is 13.0 Å². The monoisotopic (exact) mass is 265 g/mol. The Kier molecular flexibility index (Phi) is 13.7. The zero-order chi connectivity index (χ0) is 12.8. The maximum absolute atomic E-state index is 11.1. The van der Waals surface area contributed by atoms with E-state index in [-0.39, 0.29) is 14.9 Å². The van der Waals surface area contributed by atoms with Crippen LogP contribution in [-0.2, 0) is 18.9 Å². The maximum atomic E-state index is 11.1. The van der Waals surface area contributed by atoms with Gasteiger partial charge in [0.25, 0.3) is 0 Å². The van der Waals surface area contributed by atoms with Crippen LogP contribution in [-0.4, -0.2) is 26.2 Å². The zero-order valence-electron chi connectivity index (χ0n) is 10.8. The topological polar surface area (TPSA) is 56.8 Å². The highest BCUT2D eigenvalue weighted by Gasteiger charge is 1.97. The first-order chi connectivity index (χ1) is 8.31. The van der Waals surface area contributed by atoms with Gasteiger partial charge in [-0.15, -0.1) is 0 Å². The summed E-state index contributed by atoms with van der Waals surface area (Å²) in [6.45, 7) is 3.38. The number of carbonyl (C=O) groups excluding carboxylic acids is 1. The van der Waals surface area contributed by atoms with Crippen LogP contribution in [0.1, 0.15) is 45.4 Å². The first-order valence-electron chi connectivity index (χ1n) is 6.14. The van der Waals surface area contributed by atoms with E-state index in [0.717, 1.165) is 38.6 Å². The molecule has 0 aromatic carbocycles. The van der Waals surface area contributed by atoms with Gasteiger partial charge in [-0.1, -0.05) is 19.8 Å². The molecule has 0 heterocycles. The fraction of sp³-hybridized carbons (Fsp3) is 0.909. The summed E-state index contributed by atoms with van der Waals surface area (Å²) in [5.74, 6) is 0.157. The average molecular weight is 265 g/mol. The molecule has 0 saturated carbocycles. The summed E-state index contributed by atoms with van der Waals surface area (Å²) in [6.07, 6.45) is 5.72. The van der Waals surface area contributed by atoms with E-state index in [1.54, 1.807) is 7.11 Å². The van der Waals surface area contributed by atoms with Crippen LogP contribution in [0, 0.1) is 0 Å². The summed E-state index contributed by atoms with van der Waals surface area (Å²) >= 11 is 0. The van der Waals surface area contributed by atoms with Gasteiger partial charge < -0.3 is 9.84 Å². The molecule has 0 aromatic heterocycles. The highest BCUT2D eigenvalue weighted by atomic mass is 31.1. The normalized spacial score (nSPS) is 11.2. The van der Waals surface area contributed by atoms with Crippen LogP contribution in [0.3, 0.4) is 0 Å². The molecule has 0 aliphatic heterocycles. The van der Waals surface area contributed by atoms with Crippen molar-refractivity contribution >= 4 is 14.9 Å². The molecule has 1 atom stereocenters. The van der Waals surface area contributed by atoms with E-state index in [1.807, 2.05) is 6.92 Å². The van der Waals surface area contributed by atoms with Crippen LogP contribution in [0.2, 0.25) is 0 Å². The van der Waals surface area contributed by atoms with Gasteiger partial charge in [0.05, 0.1) is 6.61 Å². The lowest BCUT2D eigenvalue weighted by Crippen LogP contribution is -2.23. The van der Waals surface area contributed by atoms with Crippen LogP contribution in [0.5, 0.6) is 0 Å². The second-order valence-corrected chi connectivity index (χ2v) is 4.45. The molecule has 0 aromatic rings. The molecule has 0 aliphatic rings. The van der Waals surface area contributed by atoms with Gasteiger partial charge in [0.15, 0.2) is 9.03 Å². The standard InChI is InChI=1S/C11H24NO4P/c1-3-8-11(13)12-9-6-4-5-7-10-15-16-17-14-2/h17H,3-10H2,1-2H3,(H,12,13). The number of unbranched alkanes of at least 4 members (excludes halogenated alkanes) is 3. The van der Waals surface area contributed by atoms with E-state index in [9.17, 15) is 4.79 Å². The molecule has 0 bridgehead atoms. The lowest BCUT2D eigenvalue weighted by atomic mass is 10.2. The molecule has 1 N–H and O–H groups in total. The van der Waals surface area contributed by atoms with E-state index in [4.69, 9.17) is 9.56 Å². The highest BCUT2D eigenvalue weighted by Crippen LogP contribution is 2.11.